The van der Waals surface area contributed by atoms with Gasteiger partial charge in [0, 0.05) is 12.1 Å². The minimum Gasteiger partial charge on any atom is -0.488 e. The van der Waals surface area contributed by atoms with Crippen LogP contribution in [0.5, 0.6) is 11.5 Å². The van der Waals surface area contributed by atoms with Gasteiger partial charge in [-0.25, -0.2) is 0 Å². The second kappa shape index (κ2) is 7.13. The van der Waals surface area contributed by atoms with Gasteiger partial charge in [-0.3, -0.25) is 20.2 Å². The summed E-state index contributed by atoms with van der Waals surface area (Å²) in [5.74, 6) is 0.305. The fourth-order valence-electron chi connectivity index (χ4n) is 1.83. The Labute approximate surface area is 135 Å². The molecule has 0 saturated heterocycles. The van der Waals surface area contributed by atoms with Crippen LogP contribution in [-0.2, 0) is 0 Å². The summed E-state index contributed by atoms with van der Waals surface area (Å²) in [6.07, 6.45) is 0. The second-order valence-corrected chi connectivity index (χ2v) is 4.66. The van der Waals surface area contributed by atoms with E-state index in [-0.39, 0.29) is 47.5 Å². The van der Waals surface area contributed by atoms with E-state index >= 15 is 0 Å². The molecular formula is C14H14N4O6. The monoisotopic (exact) mass is 334 g/mol. The van der Waals surface area contributed by atoms with E-state index in [0.29, 0.717) is 0 Å². The number of nitrogens with two attached hydrogens (primary N) is 2. The third-order valence-corrected chi connectivity index (χ3v) is 3.01. The summed E-state index contributed by atoms with van der Waals surface area (Å²) in [6.45, 7) is 0.0427. The molecule has 0 fully saturated rings. The van der Waals surface area contributed by atoms with Crippen LogP contribution in [-0.4, -0.2) is 23.1 Å². The number of non-ortho nitro benzene ring substituents is 2. The largest absolute Gasteiger partial charge is 0.488 e. The van der Waals surface area contributed by atoms with Gasteiger partial charge < -0.3 is 20.9 Å². The molecule has 0 heterocycles. The number of hydrogen-bond donors (Lipinski definition) is 2. The van der Waals surface area contributed by atoms with Crippen molar-refractivity contribution in [2.75, 3.05) is 24.7 Å². The molecule has 2 aromatic rings. The van der Waals surface area contributed by atoms with Crippen molar-refractivity contribution in [3.05, 3.63) is 56.6 Å². The van der Waals surface area contributed by atoms with Crippen molar-refractivity contribution in [3.8, 4) is 11.5 Å². The molecular weight excluding hydrogens is 320 g/mol. The zero-order valence-corrected chi connectivity index (χ0v) is 12.4. The van der Waals surface area contributed by atoms with Crippen molar-refractivity contribution in [2.45, 2.75) is 0 Å². The average molecular weight is 334 g/mol. The van der Waals surface area contributed by atoms with Crippen molar-refractivity contribution in [3.63, 3.8) is 0 Å². The lowest BCUT2D eigenvalue weighted by atomic mass is 10.2. The van der Waals surface area contributed by atoms with Gasteiger partial charge in [0.2, 0.25) is 0 Å². The Kier molecular flexibility index (Phi) is 5.00. The second-order valence-electron chi connectivity index (χ2n) is 4.66. The molecule has 126 valence electrons. The number of nitro benzene ring substituents is 2. The summed E-state index contributed by atoms with van der Waals surface area (Å²) in [5, 5.41) is 21.4. The van der Waals surface area contributed by atoms with Gasteiger partial charge in [0.25, 0.3) is 11.4 Å². The molecule has 2 rings (SSSR count). The Morgan fingerprint density at radius 2 is 1.17 bits per heavy atom. The zero-order valence-electron chi connectivity index (χ0n) is 12.4. The fraction of sp³-hybridized carbons (Fsp3) is 0.143. The van der Waals surface area contributed by atoms with Crippen molar-refractivity contribution >= 4 is 22.7 Å². The van der Waals surface area contributed by atoms with E-state index in [1.165, 1.54) is 36.4 Å². The van der Waals surface area contributed by atoms with E-state index < -0.39 is 9.85 Å². The van der Waals surface area contributed by atoms with Crippen LogP contribution < -0.4 is 20.9 Å². The molecule has 0 radical (unpaired) electrons. The van der Waals surface area contributed by atoms with E-state index in [2.05, 4.69) is 0 Å². The molecule has 0 amide bonds. The topological polar surface area (TPSA) is 157 Å². The molecule has 10 heteroatoms. The number of rotatable bonds is 7. The highest BCUT2D eigenvalue weighted by Gasteiger charge is 2.12. The Balaban J connectivity index is 1.96. The minimum atomic E-state index is -0.563. The van der Waals surface area contributed by atoms with Gasteiger partial charge in [0.15, 0.2) is 0 Å². The third-order valence-electron chi connectivity index (χ3n) is 3.01. The predicted octanol–water partition coefficient (Wildman–Crippen LogP) is 2.13. The van der Waals surface area contributed by atoms with Crippen LogP contribution in [0.1, 0.15) is 0 Å². The maximum absolute atomic E-state index is 10.7. The molecule has 0 spiro atoms. The lowest BCUT2D eigenvalue weighted by Gasteiger charge is -2.11. The smallest absolute Gasteiger partial charge is 0.273 e. The van der Waals surface area contributed by atoms with Crippen LogP contribution in [0, 0.1) is 20.2 Å². The molecule has 4 N–H and O–H groups in total. The lowest BCUT2D eigenvalue weighted by Crippen LogP contribution is -2.11. The van der Waals surface area contributed by atoms with Crippen LogP contribution in [0.3, 0.4) is 0 Å². The van der Waals surface area contributed by atoms with Gasteiger partial charge in [0.1, 0.15) is 24.7 Å². The van der Waals surface area contributed by atoms with E-state index in [1.807, 2.05) is 0 Å². The van der Waals surface area contributed by atoms with Crippen molar-refractivity contribution in [1.29, 1.82) is 0 Å². The Hall–Kier alpha value is -3.56. The number of ether oxygens (including phenoxy) is 2. The fourth-order valence-corrected chi connectivity index (χ4v) is 1.83. The molecule has 24 heavy (non-hydrogen) atoms. The highest BCUT2D eigenvalue weighted by atomic mass is 16.6. The van der Waals surface area contributed by atoms with Crippen molar-refractivity contribution in [1.82, 2.24) is 0 Å². The first-order chi connectivity index (χ1) is 11.4. The minimum absolute atomic E-state index is 0.0213. The first-order valence-electron chi connectivity index (χ1n) is 6.72. The average Bonchev–Trinajstić information content (AvgIpc) is 2.54. The number of benzene rings is 2. The molecule has 0 saturated carbocycles. The maximum atomic E-state index is 10.7. The number of nitro groups is 2. The molecule has 0 aliphatic carbocycles. The van der Waals surface area contributed by atoms with Crippen LogP contribution in [0.25, 0.3) is 0 Å². The quantitative estimate of drug-likeness (QED) is 0.337. The first-order valence-corrected chi connectivity index (χ1v) is 6.72. The first kappa shape index (κ1) is 16.8. The Morgan fingerprint density at radius 1 is 0.792 bits per heavy atom. The van der Waals surface area contributed by atoms with E-state index in [9.17, 15) is 20.2 Å². The van der Waals surface area contributed by atoms with Gasteiger partial charge in [-0.15, -0.1) is 0 Å². The predicted molar refractivity (Wildman–Crippen MR) is 86.0 cm³/mol. The number of anilines is 2. The van der Waals surface area contributed by atoms with Gasteiger partial charge in [0.05, 0.1) is 33.4 Å². The van der Waals surface area contributed by atoms with Gasteiger partial charge >= 0.3 is 0 Å². The molecule has 0 bridgehead atoms. The number of nitrogen functional groups attached to an aromatic ring is 2. The van der Waals surface area contributed by atoms with Crippen molar-refractivity contribution in [2.24, 2.45) is 0 Å². The van der Waals surface area contributed by atoms with Crippen LogP contribution in [0.15, 0.2) is 36.4 Å². The van der Waals surface area contributed by atoms with Gasteiger partial charge in [-0.2, -0.15) is 0 Å². The zero-order chi connectivity index (χ0) is 17.7. The summed E-state index contributed by atoms with van der Waals surface area (Å²) in [5.41, 5.74) is 11.5. The van der Waals surface area contributed by atoms with E-state index in [0.717, 1.165) is 0 Å². The summed E-state index contributed by atoms with van der Waals surface area (Å²) < 4.78 is 10.7. The Morgan fingerprint density at radius 3 is 1.50 bits per heavy atom. The highest BCUT2D eigenvalue weighted by molar-refractivity contribution is 5.58. The molecule has 0 aliphatic heterocycles. The molecule has 2 aromatic carbocycles. The van der Waals surface area contributed by atoms with Gasteiger partial charge in [-0.1, -0.05) is 0 Å². The highest BCUT2D eigenvalue weighted by Crippen LogP contribution is 2.28. The SMILES string of the molecule is Nc1ccc([N+](=O)[O-])cc1OCCOc1cc([N+](=O)[O-])ccc1N. The van der Waals surface area contributed by atoms with Gasteiger partial charge in [-0.05, 0) is 12.1 Å². The van der Waals surface area contributed by atoms with Crippen LogP contribution >= 0.6 is 0 Å². The summed E-state index contributed by atoms with van der Waals surface area (Å²) >= 11 is 0. The molecule has 10 nitrogen and oxygen atoms in total. The van der Waals surface area contributed by atoms with Crippen LogP contribution in [0.2, 0.25) is 0 Å². The number of hydrogen-bond acceptors (Lipinski definition) is 8. The lowest BCUT2D eigenvalue weighted by molar-refractivity contribution is -0.385. The maximum Gasteiger partial charge on any atom is 0.273 e. The summed E-state index contributed by atoms with van der Waals surface area (Å²) in [7, 11) is 0. The van der Waals surface area contributed by atoms with Crippen LogP contribution in [0.4, 0.5) is 22.7 Å². The molecule has 0 atom stereocenters. The molecule has 0 aromatic heterocycles. The molecule has 0 aliphatic rings. The third kappa shape index (κ3) is 4.00. The van der Waals surface area contributed by atoms with Crippen molar-refractivity contribution < 1.29 is 19.3 Å². The molecule has 0 unspecified atom stereocenters. The normalized spacial score (nSPS) is 10.2. The Bertz CT molecular complexity index is 714. The van der Waals surface area contributed by atoms with E-state index in [1.54, 1.807) is 0 Å². The standard InChI is InChI=1S/C14H14N4O6/c15-11-3-1-9(17(19)20)7-13(11)23-5-6-24-14-8-10(18(21)22)2-4-12(14)16/h1-4,7-8H,5-6,15-16H2. The van der Waals surface area contributed by atoms with E-state index in [4.69, 9.17) is 20.9 Å². The summed E-state index contributed by atoms with van der Waals surface area (Å²) in [4.78, 5) is 20.3. The summed E-state index contributed by atoms with van der Waals surface area (Å²) in [6, 6.07) is 7.68. The number of nitrogens with zero attached hydrogens (tertiary/aromatic N) is 2.